The lowest BCUT2D eigenvalue weighted by atomic mass is 9.73. The topological polar surface area (TPSA) is 63.2 Å². The van der Waals surface area contributed by atoms with Crippen molar-refractivity contribution in [3.05, 3.63) is 103 Å². The monoisotopic (exact) mass is 402 g/mol. The molecule has 0 aromatic heterocycles. The third kappa shape index (κ3) is 3.84. The van der Waals surface area contributed by atoms with Crippen LogP contribution in [0.5, 0.6) is 0 Å². The summed E-state index contributed by atoms with van der Waals surface area (Å²) in [6, 6.07) is 33.1. The zero-order chi connectivity index (χ0) is 21.8. The molecule has 150 valence electrons. The van der Waals surface area contributed by atoms with Crippen LogP contribution >= 0.6 is 0 Å². The molecule has 0 saturated heterocycles. The number of rotatable bonds is 4. The van der Waals surface area contributed by atoms with Crippen molar-refractivity contribution in [3.8, 4) is 12.1 Å². The number of anilines is 3. The summed E-state index contributed by atoms with van der Waals surface area (Å²) < 4.78 is 0. The van der Waals surface area contributed by atoms with Crippen LogP contribution in [0, 0.1) is 34.5 Å². The molecule has 0 radical (unpaired) electrons. The molecule has 4 nitrogen and oxygen atoms in total. The van der Waals surface area contributed by atoms with Crippen molar-refractivity contribution in [2.75, 3.05) is 4.90 Å². The second kappa shape index (κ2) is 8.69. The van der Waals surface area contributed by atoms with Gasteiger partial charge in [-0.3, -0.25) is 4.99 Å². The van der Waals surface area contributed by atoms with Crippen LogP contribution < -0.4 is 4.90 Å². The Morgan fingerprint density at radius 2 is 1.23 bits per heavy atom. The maximum absolute atomic E-state index is 9.75. The maximum atomic E-state index is 9.75. The fraction of sp³-hybridized carbons (Fsp3) is 0.148. The Balaban J connectivity index is 1.76. The molecular formula is C27H22N4. The van der Waals surface area contributed by atoms with E-state index in [0.717, 1.165) is 22.6 Å². The van der Waals surface area contributed by atoms with Gasteiger partial charge in [0.25, 0.3) is 0 Å². The van der Waals surface area contributed by atoms with Gasteiger partial charge in [0.15, 0.2) is 0 Å². The quantitative estimate of drug-likeness (QED) is 0.500. The van der Waals surface area contributed by atoms with E-state index in [2.05, 4.69) is 52.9 Å². The minimum atomic E-state index is -0.515. The van der Waals surface area contributed by atoms with Gasteiger partial charge in [-0.25, -0.2) is 0 Å². The Morgan fingerprint density at radius 3 is 1.71 bits per heavy atom. The van der Waals surface area contributed by atoms with Crippen molar-refractivity contribution < 1.29 is 0 Å². The molecule has 0 bridgehead atoms. The summed E-state index contributed by atoms with van der Waals surface area (Å²) in [5, 5.41) is 19.5. The fourth-order valence-electron chi connectivity index (χ4n) is 4.19. The van der Waals surface area contributed by atoms with E-state index < -0.39 is 11.8 Å². The summed E-state index contributed by atoms with van der Waals surface area (Å²) in [7, 11) is 0. The van der Waals surface area contributed by atoms with Gasteiger partial charge in [0, 0.05) is 28.7 Å². The normalized spacial score (nSPS) is 20.3. The van der Waals surface area contributed by atoms with E-state index in [-0.39, 0.29) is 5.92 Å². The maximum Gasteiger partial charge on any atom is 0.0963 e. The first-order valence-electron chi connectivity index (χ1n) is 10.2. The Hall–Kier alpha value is -4.15. The lowest BCUT2D eigenvalue weighted by molar-refractivity contribution is 0.510. The molecule has 0 amide bonds. The molecule has 3 aromatic carbocycles. The first-order valence-corrected chi connectivity index (χ1v) is 10.2. The van der Waals surface area contributed by atoms with Crippen molar-refractivity contribution in [2.24, 2.45) is 16.8 Å². The molecule has 4 heteroatoms. The molecule has 1 unspecified atom stereocenters. The predicted octanol–water partition coefficient (Wildman–Crippen LogP) is 6.51. The fourth-order valence-corrected chi connectivity index (χ4v) is 4.19. The van der Waals surface area contributed by atoms with E-state index in [1.807, 2.05) is 67.6 Å². The minimum absolute atomic E-state index is 0.282. The number of nitrogens with zero attached hydrogens (tertiary/aromatic N) is 4. The zero-order valence-corrected chi connectivity index (χ0v) is 17.3. The second-order valence-electron chi connectivity index (χ2n) is 7.58. The molecule has 4 rings (SSSR count). The van der Waals surface area contributed by atoms with Crippen LogP contribution in [-0.4, -0.2) is 5.71 Å². The highest BCUT2D eigenvalue weighted by molar-refractivity contribution is 5.89. The number of aliphatic imine (C=N–C) groups is 1. The van der Waals surface area contributed by atoms with Gasteiger partial charge in [-0.05, 0) is 48.9 Å². The first kappa shape index (κ1) is 20.1. The average molecular weight is 403 g/mol. The molecule has 1 aliphatic heterocycles. The van der Waals surface area contributed by atoms with Gasteiger partial charge in [0.1, 0.15) is 0 Å². The third-order valence-corrected chi connectivity index (χ3v) is 5.69. The van der Waals surface area contributed by atoms with Crippen LogP contribution in [-0.2, 0) is 0 Å². The van der Waals surface area contributed by atoms with Crippen molar-refractivity contribution in [3.63, 3.8) is 0 Å². The number of hydrogen-bond acceptors (Lipinski definition) is 4. The van der Waals surface area contributed by atoms with Gasteiger partial charge in [-0.15, -0.1) is 0 Å². The number of para-hydroxylation sites is 2. The third-order valence-electron chi connectivity index (χ3n) is 5.69. The van der Waals surface area contributed by atoms with E-state index in [0.29, 0.717) is 11.4 Å². The molecule has 0 spiro atoms. The van der Waals surface area contributed by atoms with Crippen molar-refractivity contribution in [1.82, 2.24) is 0 Å². The molecule has 3 atom stereocenters. The highest BCUT2D eigenvalue weighted by atomic mass is 15.1. The Labute approximate surface area is 183 Å². The second-order valence-corrected chi connectivity index (χ2v) is 7.58. The SMILES string of the molecule is C=C1N=C(C)C(C#N)[C@@H](c2ccc(N(c3ccccc3)c3ccccc3)cc2)[C@@H]1C#N. The van der Waals surface area contributed by atoms with E-state index in [9.17, 15) is 10.5 Å². The Morgan fingerprint density at radius 1 is 0.742 bits per heavy atom. The van der Waals surface area contributed by atoms with Gasteiger partial charge >= 0.3 is 0 Å². The van der Waals surface area contributed by atoms with Gasteiger partial charge in [0.05, 0.1) is 29.7 Å². The number of nitriles is 2. The van der Waals surface area contributed by atoms with Crippen molar-refractivity contribution in [1.29, 1.82) is 10.5 Å². The van der Waals surface area contributed by atoms with E-state index in [1.54, 1.807) is 0 Å². The first-order chi connectivity index (χ1) is 15.1. The molecule has 31 heavy (non-hydrogen) atoms. The highest BCUT2D eigenvalue weighted by Gasteiger charge is 2.38. The van der Waals surface area contributed by atoms with Crippen molar-refractivity contribution in [2.45, 2.75) is 12.8 Å². The van der Waals surface area contributed by atoms with E-state index in [4.69, 9.17) is 0 Å². The van der Waals surface area contributed by atoms with Crippen LogP contribution in [0.3, 0.4) is 0 Å². The van der Waals surface area contributed by atoms with Crippen LogP contribution in [0.4, 0.5) is 17.1 Å². The molecule has 0 fully saturated rings. The van der Waals surface area contributed by atoms with Crippen LogP contribution in [0.2, 0.25) is 0 Å². The summed E-state index contributed by atoms with van der Waals surface area (Å²) in [5.41, 5.74) is 5.29. The molecule has 0 saturated carbocycles. The molecule has 1 aliphatic rings. The predicted molar refractivity (Wildman–Crippen MR) is 124 cm³/mol. The van der Waals surface area contributed by atoms with Crippen LogP contribution in [0.15, 0.2) is 102 Å². The zero-order valence-electron chi connectivity index (χ0n) is 17.3. The number of allylic oxidation sites excluding steroid dienone is 1. The molecule has 0 aliphatic carbocycles. The smallest absolute Gasteiger partial charge is 0.0963 e. The number of benzene rings is 3. The Bertz CT molecular complexity index is 1140. The lowest BCUT2D eigenvalue weighted by Gasteiger charge is -2.32. The largest absolute Gasteiger partial charge is 0.311 e. The van der Waals surface area contributed by atoms with Crippen LogP contribution in [0.25, 0.3) is 0 Å². The molecule has 3 aromatic rings. The van der Waals surface area contributed by atoms with Gasteiger partial charge in [-0.2, -0.15) is 10.5 Å². The minimum Gasteiger partial charge on any atom is -0.311 e. The molecule has 0 N–H and O–H groups in total. The standard InChI is InChI=1S/C27H22N4/c1-19-25(17-28)27(26(18-29)20(2)30-19)21-13-15-24(16-14-21)31(22-9-5-3-6-10-22)23-11-7-4-8-12-23/h3-16,25-27H,1H2,2H3/t25-,26?,27+/m1/s1. The summed E-state index contributed by atoms with van der Waals surface area (Å²) in [5.74, 6) is -1.24. The highest BCUT2D eigenvalue weighted by Crippen LogP contribution is 2.42. The van der Waals surface area contributed by atoms with E-state index in [1.165, 1.54) is 0 Å². The molecular weight excluding hydrogens is 380 g/mol. The van der Waals surface area contributed by atoms with Gasteiger partial charge < -0.3 is 4.90 Å². The van der Waals surface area contributed by atoms with Gasteiger partial charge in [0.2, 0.25) is 0 Å². The average Bonchev–Trinajstić information content (AvgIpc) is 2.81. The summed E-state index contributed by atoms with van der Waals surface area (Å²) in [6.45, 7) is 5.79. The lowest BCUT2D eigenvalue weighted by Crippen LogP contribution is -2.30. The summed E-state index contributed by atoms with van der Waals surface area (Å²) >= 11 is 0. The van der Waals surface area contributed by atoms with E-state index >= 15 is 0 Å². The van der Waals surface area contributed by atoms with Crippen molar-refractivity contribution >= 4 is 22.8 Å². The summed E-state index contributed by atoms with van der Waals surface area (Å²) in [4.78, 5) is 6.54. The number of hydrogen-bond donors (Lipinski definition) is 0. The van der Waals surface area contributed by atoms with Gasteiger partial charge in [-0.1, -0.05) is 55.1 Å². The van der Waals surface area contributed by atoms with Crippen LogP contribution in [0.1, 0.15) is 18.4 Å². The molecule has 1 heterocycles. The Kier molecular flexibility index (Phi) is 5.65. The summed E-state index contributed by atoms with van der Waals surface area (Å²) in [6.07, 6.45) is 0.